The molecule has 4 nitrogen and oxygen atoms in total. The highest BCUT2D eigenvalue weighted by molar-refractivity contribution is 8.00. The SMILES string of the molecule is Cc1cc2c(cc1C)-c1nc(N3C(=O)CSC3c3ccccn3)sc1CCC2. The molecule has 3 heterocycles. The lowest BCUT2D eigenvalue weighted by atomic mass is 9.97. The molecular formula is C22H21N3OS2. The Morgan fingerprint density at radius 3 is 2.82 bits per heavy atom. The average molecular weight is 408 g/mol. The fourth-order valence-corrected chi connectivity index (χ4v) is 6.28. The molecule has 1 aromatic carbocycles. The predicted molar refractivity (Wildman–Crippen MR) is 116 cm³/mol. The van der Waals surface area contributed by atoms with E-state index in [1.54, 1.807) is 29.3 Å². The fourth-order valence-electron chi connectivity index (χ4n) is 3.94. The van der Waals surface area contributed by atoms with Crippen LogP contribution in [0.1, 0.15) is 39.1 Å². The van der Waals surface area contributed by atoms with Crippen LogP contribution in [0.5, 0.6) is 0 Å². The zero-order chi connectivity index (χ0) is 19.3. The summed E-state index contributed by atoms with van der Waals surface area (Å²) in [6, 6.07) is 10.5. The van der Waals surface area contributed by atoms with Crippen molar-refractivity contribution in [3.63, 3.8) is 0 Å². The van der Waals surface area contributed by atoms with Crippen LogP contribution in [0, 0.1) is 13.8 Å². The average Bonchev–Trinajstić information content (AvgIpc) is 3.24. The lowest BCUT2D eigenvalue weighted by molar-refractivity contribution is -0.115. The van der Waals surface area contributed by atoms with Gasteiger partial charge in [-0.15, -0.1) is 23.1 Å². The van der Waals surface area contributed by atoms with Crippen LogP contribution in [0.4, 0.5) is 5.13 Å². The Morgan fingerprint density at radius 2 is 2.00 bits per heavy atom. The van der Waals surface area contributed by atoms with E-state index in [-0.39, 0.29) is 11.3 Å². The van der Waals surface area contributed by atoms with E-state index in [1.807, 2.05) is 23.1 Å². The van der Waals surface area contributed by atoms with E-state index in [2.05, 4.69) is 31.0 Å². The van der Waals surface area contributed by atoms with Crippen LogP contribution < -0.4 is 4.90 Å². The Balaban J connectivity index is 1.60. The minimum absolute atomic E-state index is 0.0947. The summed E-state index contributed by atoms with van der Waals surface area (Å²) in [4.78, 5) is 25.4. The van der Waals surface area contributed by atoms with Crippen molar-refractivity contribution < 1.29 is 4.79 Å². The van der Waals surface area contributed by atoms with Gasteiger partial charge in [0.15, 0.2) is 5.13 Å². The third-order valence-corrected chi connectivity index (χ3v) is 7.82. The van der Waals surface area contributed by atoms with Crippen LogP contribution in [0.3, 0.4) is 0 Å². The number of hydrogen-bond acceptors (Lipinski definition) is 5. The van der Waals surface area contributed by atoms with Crippen molar-refractivity contribution in [2.45, 2.75) is 38.5 Å². The molecule has 0 N–H and O–H groups in total. The molecule has 28 heavy (non-hydrogen) atoms. The standard InChI is InChI=1S/C22H21N3OS2/c1-13-10-15-6-5-8-18-20(16(15)11-14(13)2)24-22(28-18)25-19(26)12-27-21(25)17-7-3-4-9-23-17/h3-4,7,9-11,21H,5-6,8,12H2,1-2H3. The Kier molecular flexibility index (Phi) is 4.48. The van der Waals surface area contributed by atoms with Crippen LogP contribution in [0.25, 0.3) is 11.3 Å². The normalized spacial score (nSPS) is 18.7. The molecule has 1 unspecified atom stereocenters. The predicted octanol–water partition coefficient (Wildman–Crippen LogP) is 5.09. The second-order valence-corrected chi connectivity index (χ2v) is 9.53. The Bertz CT molecular complexity index is 1060. The number of hydrogen-bond donors (Lipinski definition) is 0. The van der Waals surface area contributed by atoms with Crippen LogP contribution in [-0.4, -0.2) is 21.6 Å². The number of aryl methyl sites for hydroxylation is 4. The maximum Gasteiger partial charge on any atom is 0.240 e. The van der Waals surface area contributed by atoms with Crippen molar-refractivity contribution >= 4 is 34.1 Å². The third-order valence-electron chi connectivity index (χ3n) is 5.53. The summed E-state index contributed by atoms with van der Waals surface area (Å²) in [7, 11) is 0. The van der Waals surface area contributed by atoms with Gasteiger partial charge in [0, 0.05) is 16.6 Å². The summed E-state index contributed by atoms with van der Waals surface area (Å²) < 4.78 is 0. The molecule has 1 saturated heterocycles. The number of amides is 1. The van der Waals surface area contributed by atoms with E-state index in [0.717, 1.165) is 35.8 Å². The first-order valence-electron chi connectivity index (χ1n) is 9.56. The molecule has 0 spiro atoms. The van der Waals surface area contributed by atoms with E-state index < -0.39 is 0 Å². The molecule has 1 amide bonds. The molecule has 142 valence electrons. The quantitative estimate of drug-likeness (QED) is 0.594. The number of carbonyl (C=O) groups excluding carboxylic acids is 1. The number of fused-ring (bicyclic) bond motifs is 3. The number of rotatable bonds is 2. The minimum Gasteiger partial charge on any atom is -0.273 e. The van der Waals surface area contributed by atoms with Crippen LogP contribution in [0.2, 0.25) is 0 Å². The molecule has 1 fully saturated rings. The number of pyridine rings is 1. The summed E-state index contributed by atoms with van der Waals surface area (Å²) >= 11 is 3.30. The topological polar surface area (TPSA) is 46.1 Å². The first-order valence-corrected chi connectivity index (χ1v) is 11.4. The number of carbonyl (C=O) groups is 1. The highest BCUT2D eigenvalue weighted by atomic mass is 32.2. The number of nitrogens with zero attached hydrogens (tertiary/aromatic N) is 3. The van der Waals surface area contributed by atoms with Gasteiger partial charge in [0.25, 0.3) is 0 Å². The molecule has 0 bridgehead atoms. The summed E-state index contributed by atoms with van der Waals surface area (Å²) in [6.45, 7) is 4.33. The summed E-state index contributed by atoms with van der Waals surface area (Å²) in [5, 5.41) is 0.712. The van der Waals surface area contributed by atoms with Gasteiger partial charge in [-0.3, -0.25) is 14.7 Å². The Hall–Kier alpha value is -2.18. The zero-order valence-corrected chi connectivity index (χ0v) is 17.6. The van der Waals surface area contributed by atoms with Gasteiger partial charge in [-0.25, -0.2) is 4.98 Å². The Morgan fingerprint density at radius 1 is 1.14 bits per heavy atom. The summed E-state index contributed by atoms with van der Waals surface area (Å²) in [6.07, 6.45) is 5.01. The largest absolute Gasteiger partial charge is 0.273 e. The van der Waals surface area contributed by atoms with Crippen molar-refractivity contribution in [2.75, 3.05) is 10.7 Å². The lowest BCUT2D eigenvalue weighted by Crippen LogP contribution is -2.28. The highest BCUT2D eigenvalue weighted by Gasteiger charge is 2.37. The lowest BCUT2D eigenvalue weighted by Gasteiger charge is -2.20. The maximum atomic E-state index is 12.7. The summed E-state index contributed by atoms with van der Waals surface area (Å²) in [5.74, 6) is 0.588. The van der Waals surface area contributed by atoms with Crippen molar-refractivity contribution in [1.29, 1.82) is 0 Å². The smallest absolute Gasteiger partial charge is 0.240 e. The maximum absolute atomic E-state index is 12.7. The van der Waals surface area contributed by atoms with Gasteiger partial charge in [-0.2, -0.15) is 0 Å². The first-order chi connectivity index (χ1) is 13.6. The number of thiazole rings is 1. The van der Waals surface area contributed by atoms with Crippen LogP contribution in [-0.2, 0) is 17.6 Å². The number of benzene rings is 1. The minimum atomic E-state index is -0.0947. The second kappa shape index (κ2) is 7.01. The second-order valence-electron chi connectivity index (χ2n) is 7.40. The number of thioether (sulfide) groups is 1. The van der Waals surface area contributed by atoms with Crippen LogP contribution in [0.15, 0.2) is 36.5 Å². The zero-order valence-electron chi connectivity index (χ0n) is 15.9. The molecule has 5 rings (SSSR count). The van der Waals surface area contributed by atoms with Crippen molar-refractivity contribution in [2.24, 2.45) is 0 Å². The monoisotopic (exact) mass is 407 g/mol. The van der Waals surface area contributed by atoms with E-state index in [0.29, 0.717) is 5.75 Å². The van der Waals surface area contributed by atoms with Gasteiger partial charge in [0.1, 0.15) is 5.37 Å². The molecule has 2 aromatic heterocycles. The fraction of sp³-hybridized carbons (Fsp3) is 0.318. The highest BCUT2D eigenvalue weighted by Crippen LogP contribution is 2.45. The molecule has 3 aromatic rings. The van der Waals surface area contributed by atoms with Crippen LogP contribution >= 0.6 is 23.1 Å². The van der Waals surface area contributed by atoms with Gasteiger partial charge < -0.3 is 0 Å². The molecule has 0 radical (unpaired) electrons. The number of anilines is 1. The van der Waals surface area contributed by atoms with Gasteiger partial charge in [-0.1, -0.05) is 12.1 Å². The first kappa shape index (κ1) is 17.9. The Labute approximate surface area is 173 Å². The van der Waals surface area contributed by atoms with Gasteiger partial charge in [0.2, 0.25) is 5.91 Å². The third kappa shape index (κ3) is 2.95. The van der Waals surface area contributed by atoms with E-state index >= 15 is 0 Å². The molecule has 2 aliphatic rings. The van der Waals surface area contributed by atoms with Gasteiger partial charge in [0.05, 0.1) is 17.1 Å². The van der Waals surface area contributed by atoms with Crippen molar-refractivity contribution in [3.05, 3.63) is 63.8 Å². The summed E-state index contributed by atoms with van der Waals surface area (Å²) in [5.41, 5.74) is 7.23. The molecule has 0 saturated carbocycles. The van der Waals surface area contributed by atoms with E-state index in [1.165, 1.54) is 27.1 Å². The molecule has 1 atom stereocenters. The van der Waals surface area contributed by atoms with Crippen molar-refractivity contribution in [3.8, 4) is 11.3 Å². The van der Waals surface area contributed by atoms with Gasteiger partial charge >= 0.3 is 0 Å². The molecule has 1 aliphatic heterocycles. The van der Waals surface area contributed by atoms with Gasteiger partial charge in [-0.05, 0) is 68.0 Å². The number of aromatic nitrogens is 2. The molecule has 6 heteroatoms. The van der Waals surface area contributed by atoms with Crippen molar-refractivity contribution in [1.82, 2.24) is 9.97 Å². The molecular weight excluding hydrogens is 386 g/mol. The van der Waals surface area contributed by atoms with E-state index in [9.17, 15) is 4.79 Å². The van der Waals surface area contributed by atoms with E-state index in [4.69, 9.17) is 4.98 Å². The molecule has 1 aliphatic carbocycles.